The number of aromatic nitrogens is 2. The van der Waals surface area contributed by atoms with Gasteiger partial charge in [-0.2, -0.15) is 5.10 Å². The highest BCUT2D eigenvalue weighted by molar-refractivity contribution is 5.84. The van der Waals surface area contributed by atoms with Crippen molar-refractivity contribution in [3.63, 3.8) is 0 Å². The summed E-state index contributed by atoms with van der Waals surface area (Å²) in [6.07, 6.45) is 3.22. The summed E-state index contributed by atoms with van der Waals surface area (Å²) in [5, 5.41) is 6.96. The van der Waals surface area contributed by atoms with Crippen molar-refractivity contribution < 1.29 is 14.3 Å². The molecule has 3 aromatic rings. The van der Waals surface area contributed by atoms with E-state index in [0.29, 0.717) is 12.2 Å². The average molecular weight is 337 g/mol. The van der Waals surface area contributed by atoms with Crippen LogP contribution in [0.25, 0.3) is 11.1 Å². The number of hydrogen-bond donors (Lipinski definition) is 1. The predicted octanol–water partition coefficient (Wildman–Crippen LogP) is 3.81. The maximum Gasteiger partial charge on any atom is 0.411 e. The number of carbonyl (C=O) groups excluding carboxylic acids is 1. The van der Waals surface area contributed by atoms with E-state index in [1.807, 2.05) is 48.7 Å². The number of para-hydroxylation sites is 1. The van der Waals surface area contributed by atoms with E-state index in [9.17, 15) is 4.79 Å². The minimum atomic E-state index is -0.478. The topological polar surface area (TPSA) is 65.4 Å². The fraction of sp³-hybridized carbons (Fsp3) is 0.158. The highest BCUT2D eigenvalue weighted by Gasteiger charge is 2.05. The molecular formula is C19H19N3O3. The Hall–Kier alpha value is -3.28. The quantitative estimate of drug-likeness (QED) is 0.743. The smallest absolute Gasteiger partial charge is 0.411 e. The molecule has 0 aliphatic carbocycles. The van der Waals surface area contributed by atoms with Gasteiger partial charge in [0.2, 0.25) is 0 Å². The molecule has 0 unspecified atom stereocenters. The van der Waals surface area contributed by atoms with Crippen LogP contribution < -0.4 is 10.1 Å². The van der Waals surface area contributed by atoms with Gasteiger partial charge in [0.25, 0.3) is 0 Å². The van der Waals surface area contributed by atoms with Crippen molar-refractivity contribution in [2.75, 3.05) is 19.0 Å². The molecule has 0 saturated carbocycles. The summed E-state index contributed by atoms with van der Waals surface area (Å²) in [4.78, 5) is 11.7. The molecule has 0 atom stereocenters. The molecule has 0 fully saturated rings. The zero-order valence-corrected chi connectivity index (χ0v) is 13.9. The van der Waals surface area contributed by atoms with Gasteiger partial charge in [0.05, 0.1) is 19.9 Å². The molecule has 1 aromatic heterocycles. The number of carbonyl (C=O) groups is 1. The Kier molecular flexibility index (Phi) is 5.31. The molecule has 1 heterocycles. The van der Waals surface area contributed by atoms with E-state index in [1.165, 1.54) is 0 Å². The van der Waals surface area contributed by atoms with E-state index in [4.69, 9.17) is 9.47 Å². The van der Waals surface area contributed by atoms with Crippen molar-refractivity contribution >= 4 is 11.8 Å². The number of methoxy groups -OCH3 is 1. The molecule has 1 amide bonds. The number of benzene rings is 2. The second kappa shape index (κ2) is 8.01. The van der Waals surface area contributed by atoms with Crippen LogP contribution in [0.1, 0.15) is 0 Å². The summed E-state index contributed by atoms with van der Waals surface area (Å²) in [6, 6.07) is 16.9. The lowest BCUT2D eigenvalue weighted by molar-refractivity contribution is 0.155. The third kappa shape index (κ3) is 4.60. The highest BCUT2D eigenvalue weighted by Crippen LogP contribution is 2.21. The molecular weight excluding hydrogens is 318 g/mol. The fourth-order valence-electron chi connectivity index (χ4n) is 2.33. The normalized spacial score (nSPS) is 10.3. The van der Waals surface area contributed by atoms with Gasteiger partial charge in [-0.3, -0.25) is 10.00 Å². The van der Waals surface area contributed by atoms with Crippen LogP contribution in [-0.2, 0) is 11.3 Å². The molecule has 0 aliphatic heterocycles. The first-order valence-electron chi connectivity index (χ1n) is 7.90. The Balaban J connectivity index is 1.49. The standard InChI is InChI=1S/C19H19N3O3/c1-24-18-9-7-15(8-10-18)16-13-20-22(14-16)11-12-25-19(23)21-17-5-3-2-4-6-17/h2-10,13-14H,11-12H2,1H3,(H,21,23). The van der Waals surface area contributed by atoms with Crippen LogP contribution in [0.2, 0.25) is 0 Å². The van der Waals surface area contributed by atoms with Crippen LogP contribution in [0.3, 0.4) is 0 Å². The Morgan fingerprint density at radius 1 is 1.08 bits per heavy atom. The van der Waals surface area contributed by atoms with Crippen molar-refractivity contribution in [2.24, 2.45) is 0 Å². The number of amides is 1. The lowest BCUT2D eigenvalue weighted by Crippen LogP contribution is -2.17. The Labute approximate surface area is 146 Å². The highest BCUT2D eigenvalue weighted by atomic mass is 16.5. The van der Waals surface area contributed by atoms with Crippen molar-refractivity contribution in [3.8, 4) is 16.9 Å². The average Bonchev–Trinajstić information content (AvgIpc) is 3.11. The summed E-state index contributed by atoms with van der Waals surface area (Å²) in [6.45, 7) is 0.723. The predicted molar refractivity (Wildman–Crippen MR) is 95.6 cm³/mol. The first kappa shape index (κ1) is 16.6. The van der Waals surface area contributed by atoms with Crippen molar-refractivity contribution in [2.45, 2.75) is 6.54 Å². The second-order valence-electron chi connectivity index (χ2n) is 5.35. The zero-order chi connectivity index (χ0) is 17.5. The van der Waals surface area contributed by atoms with Gasteiger partial charge >= 0.3 is 6.09 Å². The monoisotopic (exact) mass is 337 g/mol. The van der Waals surface area contributed by atoms with Gasteiger partial charge in [-0.25, -0.2) is 4.79 Å². The number of hydrogen-bond acceptors (Lipinski definition) is 4. The van der Waals surface area contributed by atoms with E-state index in [0.717, 1.165) is 16.9 Å². The zero-order valence-electron chi connectivity index (χ0n) is 13.9. The van der Waals surface area contributed by atoms with Crippen molar-refractivity contribution in [3.05, 3.63) is 67.0 Å². The molecule has 3 rings (SSSR count). The molecule has 0 saturated heterocycles. The molecule has 6 nitrogen and oxygen atoms in total. The summed E-state index contributed by atoms with van der Waals surface area (Å²) < 4.78 is 12.1. The molecule has 25 heavy (non-hydrogen) atoms. The lowest BCUT2D eigenvalue weighted by atomic mass is 10.1. The number of nitrogens with zero attached hydrogens (tertiary/aromatic N) is 2. The van der Waals surface area contributed by atoms with Crippen molar-refractivity contribution in [1.82, 2.24) is 9.78 Å². The molecule has 2 aromatic carbocycles. The largest absolute Gasteiger partial charge is 0.497 e. The van der Waals surface area contributed by atoms with Gasteiger partial charge in [0.15, 0.2) is 0 Å². The molecule has 0 spiro atoms. The molecule has 0 bridgehead atoms. The minimum absolute atomic E-state index is 0.238. The van der Waals surface area contributed by atoms with Crippen LogP contribution in [0.5, 0.6) is 5.75 Å². The Morgan fingerprint density at radius 2 is 1.84 bits per heavy atom. The van der Waals surface area contributed by atoms with Crippen LogP contribution in [-0.4, -0.2) is 29.6 Å². The number of rotatable bonds is 6. The second-order valence-corrected chi connectivity index (χ2v) is 5.35. The number of ether oxygens (including phenoxy) is 2. The Bertz CT molecular complexity index is 813. The molecule has 128 valence electrons. The maximum absolute atomic E-state index is 11.7. The van der Waals surface area contributed by atoms with Crippen LogP contribution in [0.15, 0.2) is 67.0 Å². The lowest BCUT2D eigenvalue weighted by Gasteiger charge is -2.06. The van der Waals surface area contributed by atoms with Gasteiger partial charge in [-0.05, 0) is 29.8 Å². The van der Waals surface area contributed by atoms with Crippen molar-refractivity contribution in [1.29, 1.82) is 0 Å². The molecule has 0 radical (unpaired) electrons. The van der Waals surface area contributed by atoms with E-state index in [1.54, 1.807) is 30.1 Å². The van der Waals surface area contributed by atoms with E-state index in [2.05, 4.69) is 10.4 Å². The summed E-state index contributed by atoms with van der Waals surface area (Å²) in [5.74, 6) is 0.814. The summed E-state index contributed by atoms with van der Waals surface area (Å²) in [5.41, 5.74) is 2.75. The number of anilines is 1. The molecule has 6 heteroatoms. The summed E-state index contributed by atoms with van der Waals surface area (Å²) in [7, 11) is 1.64. The molecule has 0 aliphatic rings. The first-order valence-corrected chi connectivity index (χ1v) is 7.90. The van der Waals surface area contributed by atoms with Crippen LogP contribution in [0.4, 0.5) is 10.5 Å². The Morgan fingerprint density at radius 3 is 2.56 bits per heavy atom. The van der Waals surface area contributed by atoms with Gasteiger partial charge in [-0.15, -0.1) is 0 Å². The van der Waals surface area contributed by atoms with Gasteiger partial charge in [0.1, 0.15) is 12.4 Å². The summed E-state index contributed by atoms with van der Waals surface area (Å²) >= 11 is 0. The van der Waals surface area contributed by atoms with E-state index >= 15 is 0 Å². The SMILES string of the molecule is COc1ccc(-c2cnn(CCOC(=O)Nc3ccccc3)c2)cc1. The van der Waals surface area contributed by atoms with E-state index < -0.39 is 6.09 Å². The molecule has 1 N–H and O–H groups in total. The maximum atomic E-state index is 11.7. The first-order chi connectivity index (χ1) is 12.2. The third-order valence-corrected chi connectivity index (χ3v) is 3.63. The van der Waals surface area contributed by atoms with Gasteiger partial charge < -0.3 is 9.47 Å². The fourth-order valence-corrected chi connectivity index (χ4v) is 2.33. The number of nitrogens with one attached hydrogen (secondary N) is 1. The van der Waals surface area contributed by atoms with E-state index in [-0.39, 0.29) is 6.61 Å². The third-order valence-electron chi connectivity index (χ3n) is 3.63. The van der Waals surface area contributed by atoms with Crippen LogP contribution >= 0.6 is 0 Å². The van der Waals surface area contributed by atoms with Gasteiger partial charge in [0, 0.05) is 17.4 Å². The van der Waals surface area contributed by atoms with Gasteiger partial charge in [-0.1, -0.05) is 30.3 Å². The minimum Gasteiger partial charge on any atom is -0.497 e. The van der Waals surface area contributed by atoms with Crippen LogP contribution in [0, 0.1) is 0 Å².